The number of aromatic nitrogens is 1. The fourth-order valence-electron chi connectivity index (χ4n) is 1.78. The Morgan fingerprint density at radius 2 is 2.05 bits per heavy atom. The third-order valence-electron chi connectivity index (χ3n) is 2.68. The molecule has 104 valence electrons. The molecule has 0 fully saturated rings. The van der Waals surface area contributed by atoms with Crippen LogP contribution >= 0.6 is 0 Å². The van der Waals surface area contributed by atoms with Gasteiger partial charge in [-0.05, 0) is 19.1 Å². The van der Waals surface area contributed by atoms with Gasteiger partial charge in [0, 0.05) is 17.0 Å². The van der Waals surface area contributed by atoms with Crippen LogP contribution in [0.5, 0.6) is 0 Å². The number of hydrogen-bond acceptors (Lipinski definition) is 4. The van der Waals surface area contributed by atoms with E-state index in [-0.39, 0.29) is 24.3 Å². The molecule has 0 aliphatic rings. The van der Waals surface area contributed by atoms with Crippen LogP contribution < -0.4 is 10.7 Å². The molecule has 1 amide bonds. The number of aromatic amines is 1. The highest BCUT2D eigenvalue weighted by Crippen LogP contribution is 2.07. The molecule has 0 bridgehead atoms. The van der Waals surface area contributed by atoms with Gasteiger partial charge in [-0.2, -0.15) is 0 Å². The summed E-state index contributed by atoms with van der Waals surface area (Å²) in [5.41, 5.74) is 0.430. The molecule has 1 heterocycles. The first-order chi connectivity index (χ1) is 9.61. The molecule has 0 spiro atoms. The van der Waals surface area contributed by atoms with Crippen LogP contribution in [0.15, 0.2) is 35.1 Å². The van der Waals surface area contributed by atoms with Crippen molar-refractivity contribution in [1.29, 1.82) is 0 Å². The number of para-hydroxylation sites is 1. The topological polar surface area (TPSA) is 88.3 Å². The van der Waals surface area contributed by atoms with Crippen LogP contribution in [0.3, 0.4) is 0 Å². The summed E-state index contributed by atoms with van der Waals surface area (Å²) in [5.74, 6) is -1.05. The Hall–Kier alpha value is -2.63. The highest BCUT2D eigenvalue weighted by atomic mass is 16.5. The summed E-state index contributed by atoms with van der Waals surface area (Å²) < 4.78 is 4.70. The molecule has 2 N–H and O–H groups in total. The van der Waals surface area contributed by atoms with Crippen LogP contribution in [0.2, 0.25) is 0 Å². The van der Waals surface area contributed by atoms with E-state index in [0.717, 1.165) is 0 Å². The first-order valence-corrected chi connectivity index (χ1v) is 6.17. The molecule has 6 nitrogen and oxygen atoms in total. The van der Waals surface area contributed by atoms with Gasteiger partial charge in [0.15, 0.2) is 5.43 Å². The van der Waals surface area contributed by atoms with Crippen molar-refractivity contribution >= 4 is 22.8 Å². The number of rotatable bonds is 4. The number of benzene rings is 1. The lowest BCUT2D eigenvalue weighted by Gasteiger charge is -2.06. The Balaban J connectivity index is 2.18. The van der Waals surface area contributed by atoms with E-state index < -0.39 is 11.9 Å². The molecule has 0 saturated carbocycles. The predicted molar refractivity (Wildman–Crippen MR) is 73.5 cm³/mol. The Morgan fingerprint density at radius 1 is 1.30 bits per heavy atom. The highest BCUT2D eigenvalue weighted by molar-refractivity contribution is 5.96. The van der Waals surface area contributed by atoms with Gasteiger partial charge >= 0.3 is 5.97 Å². The first kappa shape index (κ1) is 13.8. The maximum Gasteiger partial charge on any atom is 0.325 e. The zero-order valence-electron chi connectivity index (χ0n) is 10.9. The van der Waals surface area contributed by atoms with Crippen LogP contribution in [-0.4, -0.2) is 30.0 Å². The monoisotopic (exact) mass is 274 g/mol. The van der Waals surface area contributed by atoms with E-state index in [0.29, 0.717) is 10.9 Å². The van der Waals surface area contributed by atoms with E-state index in [9.17, 15) is 14.4 Å². The maximum atomic E-state index is 11.9. The molecule has 0 unspecified atom stereocenters. The normalized spacial score (nSPS) is 10.2. The molecule has 2 rings (SSSR count). The molecule has 0 radical (unpaired) electrons. The lowest BCUT2D eigenvalue weighted by molar-refractivity contribution is -0.141. The Labute approximate surface area is 114 Å². The van der Waals surface area contributed by atoms with Crippen molar-refractivity contribution in [3.63, 3.8) is 0 Å². The molecule has 20 heavy (non-hydrogen) atoms. The smallest absolute Gasteiger partial charge is 0.325 e. The maximum absolute atomic E-state index is 11.9. The Morgan fingerprint density at radius 3 is 2.80 bits per heavy atom. The molecule has 0 aliphatic heterocycles. The third kappa shape index (κ3) is 3.03. The van der Waals surface area contributed by atoms with E-state index in [1.54, 1.807) is 31.2 Å². The first-order valence-electron chi connectivity index (χ1n) is 6.17. The lowest BCUT2D eigenvalue weighted by Crippen LogP contribution is -2.31. The van der Waals surface area contributed by atoms with E-state index in [1.807, 2.05) is 0 Å². The second-order valence-electron chi connectivity index (χ2n) is 4.08. The van der Waals surface area contributed by atoms with Crippen molar-refractivity contribution in [3.8, 4) is 0 Å². The van der Waals surface area contributed by atoms with Crippen LogP contribution in [0.1, 0.15) is 17.4 Å². The van der Waals surface area contributed by atoms with Crippen molar-refractivity contribution in [2.24, 2.45) is 0 Å². The molecule has 0 atom stereocenters. The van der Waals surface area contributed by atoms with Gasteiger partial charge in [-0.1, -0.05) is 12.1 Å². The van der Waals surface area contributed by atoms with Gasteiger partial charge in [0.2, 0.25) is 0 Å². The molecular formula is C14H14N2O4. The molecule has 0 saturated heterocycles. The van der Waals surface area contributed by atoms with Crippen LogP contribution in [0.4, 0.5) is 0 Å². The van der Waals surface area contributed by atoms with Gasteiger partial charge in [0.05, 0.1) is 6.61 Å². The average molecular weight is 274 g/mol. The zero-order valence-corrected chi connectivity index (χ0v) is 10.9. The summed E-state index contributed by atoms with van der Waals surface area (Å²) in [6.45, 7) is 1.70. The van der Waals surface area contributed by atoms with Gasteiger partial charge in [0.1, 0.15) is 12.2 Å². The number of ether oxygens (including phenoxy) is 1. The number of carbonyl (C=O) groups is 2. The van der Waals surface area contributed by atoms with Crippen molar-refractivity contribution in [1.82, 2.24) is 10.3 Å². The summed E-state index contributed by atoms with van der Waals surface area (Å²) in [5, 5.41) is 2.90. The van der Waals surface area contributed by atoms with Gasteiger partial charge in [-0.3, -0.25) is 14.4 Å². The van der Waals surface area contributed by atoms with Crippen molar-refractivity contribution in [3.05, 3.63) is 46.2 Å². The third-order valence-corrected chi connectivity index (χ3v) is 2.68. The number of hydrogen-bond donors (Lipinski definition) is 2. The lowest BCUT2D eigenvalue weighted by atomic mass is 10.2. The largest absolute Gasteiger partial charge is 0.465 e. The Bertz CT molecular complexity index is 706. The minimum absolute atomic E-state index is 0.109. The Kier molecular flexibility index (Phi) is 4.14. The molecule has 6 heteroatoms. The minimum atomic E-state index is -0.527. The number of amides is 1. The van der Waals surface area contributed by atoms with Crippen molar-refractivity contribution in [2.75, 3.05) is 13.2 Å². The number of H-pyrrole nitrogens is 1. The molecule has 2 aromatic rings. The van der Waals surface area contributed by atoms with Crippen LogP contribution in [0, 0.1) is 0 Å². The SMILES string of the molecule is CCOC(=O)CNC(=O)c1cc(=O)c2ccccc2[nH]1. The van der Waals surface area contributed by atoms with Gasteiger partial charge < -0.3 is 15.0 Å². The molecule has 0 aliphatic carbocycles. The summed E-state index contributed by atoms with van der Waals surface area (Å²) in [7, 11) is 0. The van der Waals surface area contributed by atoms with Crippen molar-refractivity contribution in [2.45, 2.75) is 6.92 Å². The van der Waals surface area contributed by atoms with Crippen LogP contribution in [0.25, 0.3) is 10.9 Å². The number of esters is 1. The van der Waals surface area contributed by atoms with E-state index in [1.165, 1.54) is 6.07 Å². The minimum Gasteiger partial charge on any atom is -0.465 e. The fourth-order valence-corrected chi connectivity index (χ4v) is 1.78. The predicted octanol–water partition coefficient (Wildman–Crippen LogP) is 0.821. The van der Waals surface area contributed by atoms with Crippen molar-refractivity contribution < 1.29 is 14.3 Å². The molecule has 1 aromatic carbocycles. The summed E-state index contributed by atoms with van der Waals surface area (Å²) in [4.78, 5) is 37.7. The summed E-state index contributed by atoms with van der Waals surface area (Å²) in [6.07, 6.45) is 0. The second kappa shape index (κ2) is 6.01. The van der Waals surface area contributed by atoms with Crippen LogP contribution in [-0.2, 0) is 9.53 Å². The number of nitrogens with one attached hydrogen (secondary N) is 2. The summed E-state index contributed by atoms with van der Waals surface area (Å²) >= 11 is 0. The molecule has 1 aromatic heterocycles. The number of carbonyl (C=O) groups excluding carboxylic acids is 2. The number of fused-ring (bicyclic) bond motifs is 1. The van der Waals surface area contributed by atoms with Gasteiger partial charge in [-0.25, -0.2) is 0 Å². The highest BCUT2D eigenvalue weighted by Gasteiger charge is 2.11. The standard InChI is InChI=1S/C14H14N2O4/c1-2-20-13(18)8-15-14(19)11-7-12(17)9-5-3-4-6-10(9)16-11/h3-7H,2,8H2,1H3,(H,15,19)(H,16,17). The van der Waals surface area contributed by atoms with E-state index in [2.05, 4.69) is 10.3 Å². The second-order valence-corrected chi connectivity index (χ2v) is 4.08. The quantitative estimate of drug-likeness (QED) is 0.808. The fraction of sp³-hybridized carbons (Fsp3) is 0.214. The van der Waals surface area contributed by atoms with E-state index >= 15 is 0 Å². The number of pyridine rings is 1. The average Bonchev–Trinajstić information content (AvgIpc) is 2.45. The van der Waals surface area contributed by atoms with Gasteiger partial charge in [-0.15, -0.1) is 0 Å². The van der Waals surface area contributed by atoms with E-state index in [4.69, 9.17) is 4.74 Å². The zero-order chi connectivity index (χ0) is 14.5. The molecular weight excluding hydrogens is 260 g/mol. The summed E-state index contributed by atoms with van der Waals surface area (Å²) in [6, 6.07) is 8.10. The van der Waals surface area contributed by atoms with Gasteiger partial charge in [0.25, 0.3) is 5.91 Å².